The first-order valence-corrected chi connectivity index (χ1v) is 22.6. The molecule has 0 bridgehead atoms. The molecule has 308 valence electrons. The molecule has 3 unspecified atom stereocenters. The second-order valence-corrected chi connectivity index (χ2v) is 21.6. The summed E-state index contributed by atoms with van der Waals surface area (Å²) in [6.45, 7) is 12.0. The summed E-state index contributed by atoms with van der Waals surface area (Å²) < 4.78 is 26.5. The molecule has 0 aromatic rings. The van der Waals surface area contributed by atoms with Crippen molar-refractivity contribution in [1.29, 1.82) is 0 Å². The van der Waals surface area contributed by atoms with Crippen LogP contribution in [-0.4, -0.2) is 90.1 Å². The van der Waals surface area contributed by atoms with Crippen LogP contribution in [0.15, 0.2) is 0 Å². The number of Topliss-reactive ketones (excluding diaryl/α,β-unsaturated/α-hetero) is 1. The average Bonchev–Trinajstić information content (AvgIpc) is 3.41. The van der Waals surface area contributed by atoms with Crippen LogP contribution in [0.2, 0.25) is 0 Å². The molecule has 5 atom stereocenters. The van der Waals surface area contributed by atoms with Gasteiger partial charge in [0.05, 0.1) is 22.1 Å². The monoisotopic (exact) mass is 785 g/mol. The Balaban J connectivity index is 1.40. The molecule has 1 aliphatic heterocycles. The smallest absolute Gasteiger partial charge is 0.315 e. The largest absolute Gasteiger partial charge is 0.348 e. The van der Waals surface area contributed by atoms with Crippen molar-refractivity contribution in [3.8, 4) is 12.3 Å². The number of fused-ring (bicyclic) bond motifs is 1. The summed E-state index contributed by atoms with van der Waals surface area (Å²) in [6, 6.07) is -3.43. The van der Waals surface area contributed by atoms with Crippen molar-refractivity contribution in [3.63, 3.8) is 0 Å². The van der Waals surface area contributed by atoms with Crippen molar-refractivity contribution in [2.24, 2.45) is 28.6 Å². The van der Waals surface area contributed by atoms with Gasteiger partial charge in [-0.1, -0.05) is 85.5 Å². The number of terminal acetylenes is 1. The highest BCUT2D eigenvalue weighted by atomic mass is 32.2. The summed E-state index contributed by atoms with van der Waals surface area (Å²) in [5, 5.41) is 11.7. The Labute approximate surface area is 329 Å². The van der Waals surface area contributed by atoms with Crippen molar-refractivity contribution >= 4 is 39.4 Å². The third kappa shape index (κ3) is 9.20. The lowest BCUT2D eigenvalue weighted by Crippen LogP contribution is -2.65. The first-order valence-electron chi connectivity index (χ1n) is 21.0. The second kappa shape index (κ2) is 16.8. The lowest BCUT2D eigenvalue weighted by molar-refractivity contribution is -0.146. The van der Waals surface area contributed by atoms with Crippen molar-refractivity contribution in [2.45, 2.75) is 173 Å². The Morgan fingerprint density at radius 2 is 1.53 bits per heavy atom. The highest BCUT2D eigenvalue weighted by Gasteiger charge is 2.70. The van der Waals surface area contributed by atoms with Crippen molar-refractivity contribution in [2.75, 3.05) is 18.8 Å². The summed E-state index contributed by atoms with van der Waals surface area (Å²) in [5.41, 5.74) is -1.75. The van der Waals surface area contributed by atoms with E-state index in [9.17, 15) is 27.6 Å². The van der Waals surface area contributed by atoms with E-state index >= 15 is 4.79 Å². The number of amides is 5. The Morgan fingerprint density at radius 3 is 2.09 bits per heavy atom. The number of carbonyl (C=O) groups excluding carboxylic acids is 5. The SMILES string of the molecule is C#CCCNC(=O)C(=O)C(CC1CCC1)NC(=O)[C@@H]1C2C(CN1C(=O)[C@@H](NC(=O)NC1(CS(=O)(=O)C(C)(C)CC)CCCCC1)C1(C)CCCCC1)C2(C)C. The molecule has 0 spiro atoms. The van der Waals surface area contributed by atoms with Gasteiger partial charge in [-0.15, -0.1) is 12.3 Å². The lowest BCUT2D eigenvalue weighted by atomic mass is 9.70. The fourth-order valence-corrected chi connectivity index (χ4v) is 11.8. The second-order valence-electron chi connectivity index (χ2n) is 19.0. The standard InChI is InChI=1S/C42H67N5O7S/c1-8-10-24-43-36(50)33(48)30(25-28-18-17-19-28)44-35(49)32-31-29(40(31,5)6)26-47(32)37(51)34(41(7)20-13-11-14-21-41)45-38(52)46-42(22-15-12-16-23-42)27-55(53,54)39(3,4)9-2/h1,28-32,34H,9-27H2,2-7H3,(H,43,50)(H,44,49)(H2,45,46,52)/t29?,30?,31?,32-,34+/m0/s1. The third-order valence-electron chi connectivity index (χ3n) is 14.5. The molecule has 5 aliphatic rings. The van der Waals surface area contributed by atoms with Gasteiger partial charge in [0.2, 0.25) is 17.6 Å². The minimum atomic E-state index is -3.59. The fraction of sp³-hybridized carbons (Fsp3) is 0.833. The quantitative estimate of drug-likeness (QED) is 0.0990. The predicted octanol–water partition coefficient (Wildman–Crippen LogP) is 4.80. The fourth-order valence-electron chi connectivity index (χ4n) is 9.93. The lowest BCUT2D eigenvalue weighted by Gasteiger charge is -2.44. The maximum absolute atomic E-state index is 15.0. The highest BCUT2D eigenvalue weighted by Crippen LogP contribution is 2.65. The third-order valence-corrected chi connectivity index (χ3v) is 17.4. The van der Waals surface area contributed by atoms with Crippen LogP contribution in [0.25, 0.3) is 0 Å². The van der Waals surface area contributed by atoms with Crippen LogP contribution in [0.4, 0.5) is 4.79 Å². The first kappa shape index (κ1) is 43.0. The predicted molar refractivity (Wildman–Crippen MR) is 212 cm³/mol. The molecule has 0 radical (unpaired) electrons. The molecule has 0 aromatic heterocycles. The molecule has 13 heteroatoms. The molecule has 4 N–H and O–H groups in total. The molecule has 5 amide bonds. The van der Waals surface area contributed by atoms with E-state index in [0.717, 1.165) is 57.8 Å². The number of carbonyl (C=O) groups is 5. The van der Waals surface area contributed by atoms with Gasteiger partial charge in [-0.25, -0.2) is 13.2 Å². The van der Waals surface area contributed by atoms with E-state index in [2.05, 4.69) is 41.0 Å². The number of nitrogens with one attached hydrogen (secondary N) is 4. The number of urea groups is 1. The molecule has 1 heterocycles. The van der Waals surface area contributed by atoms with Crippen LogP contribution in [0, 0.1) is 40.9 Å². The van der Waals surface area contributed by atoms with E-state index in [1.165, 1.54) is 0 Å². The Bertz CT molecular complexity index is 1620. The summed E-state index contributed by atoms with van der Waals surface area (Å²) in [5.74, 6) is 0.108. The molecular weight excluding hydrogens is 719 g/mol. The number of sulfone groups is 1. The van der Waals surface area contributed by atoms with E-state index in [1.54, 1.807) is 18.7 Å². The van der Waals surface area contributed by atoms with E-state index in [1.807, 2.05) is 13.8 Å². The molecule has 1 saturated heterocycles. The topological polar surface area (TPSA) is 171 Å². The van der Waals surface area contributed by atoms with Gasteiger partial charge in [0, 0.05) is 19.5 Å². The molecule has 55 heavy (non-hydrogen) atoms. The number of hydrogen-bond donors (Lipinski definition) is 4. The van der Waals surface area contributed by atoms with Gasteiger partial charge < -0.3 is 26.2 Å². The van der Waals surface area contributed by atoms with Crippen LogP contribution in [0.5, 0.6) is 0 Å². The Kier molecular flexibility index (Phi) is 13.1. The maximum atomic E-state index is 15.0. The molecule has 12 nitrogen and oxygen atoms in total. The van der Waals surface area contributed by atoms with Crippen LogP contribution in [0.3, 0.4) is 0 Å². The zero-order valence-corrected chi connectivity index (χ0v) is 35.0. The van der Waals surface area contributed by atoms with Gasteiger partial charge in [0.1, 0.15) is 12.1 Å². The van der Waals surface area contributed by atoms with Crippen molar-refractivity contribution in [1.82, 2.24) is 26.2 Å². The number of piperidine rings is 1. The molecule has 4 saturated carbocycles. The number of likely N-dealkylation sites (tertiary alicyclic amines) is 1. The van der Waals surface area contributed by atoms with Gasteiger partial charge in [-0.2, -0.15) is 0 Å². The van der Waals surface area contributed by atoms with Crippen molar-refractivity contribution < 1.29 is 32.4 Å². The van der Waals surface area contributed by atoms with E-state index in [0.29, 0.717) is 45.1 Å². The molecular formula is C42H67N5O7S. The summed E-state index contributed by atoms with van der Waals surface area (Å²) in [4.78, 5) is 71.6. The van der Waals surface area contributed by atoms with E-state index in [4.69, 9.17) is 6.42 Å². The van der Waals surface area contributed by atoms with Gasteiger partial charge in [0.15, 0.2) is 9.84 Å². The normalized spacial score (nSPS) is 26.6. The van der Waals surface area contributed by atoms with Gasteiger partial charge in [-0.05, 0) is 81.0 Å². The van der Waals surface area contributed by atoms with Crippen LogP contribution < -0.4 is 21.3 Å². The molecule has 5 fully saturated rings. The van der Waals surface area contributed by atoms with Crippen LogP contribution in [0.1, 0.15) is 144 Å². The van der Waals surface area contributed by atoms with Gasteiger partial charge in [-0.3, -0.25) is 19.2 Å². The van der Waals surface area contributed by atoms with E-state index in [-0.39, 0.29) is 47.8 Å². The summed E-state index contributed by atoms with van der Waals surface area (Å²) >= 11 is 0. The minimum Gasteiger partial charge on any atom is -0.348 e. The molecule has 0 aromatic carbocycles. The minimum absolute atomic E-state index is 0.0614. The van der Waals surface area contributed by atoms with Crippen molar-refractivity contribution in [3.05, 3.63) is 0 Å². The number of nitrogens with zero attached hydrogens (tertiary/aromatic N) is 1. The summed E-state index contributed by atoms with van der Waals surface area (Å²) in [7, 11) is -3.59. The first-order chi connectivity index (χ1) is 25.8. The molecule has 4 aliphatic carbocycles. The van der Waals surface area contributed by atoms with Crippen LogP contribution >= 0.6 is 0 Å². The zero-order chi connectivity index (χ0) is 40.4. The Hall–Kier alpha value is -3.14. The number of ketones is 1. The average molecular weight is 786 g/mol. The van der Waals surface area contributed by atoms with E-state index < -0.39 is 67.3 Å². The summed E-state index contributed by atoms with van der Waals surface area (Å²) in [6.07, 6.45) is 17.1. The zero-order valence-electron chi connectivity index (χ0n) is 34.2. The van der Waals surface area contributed by atoms with Gasteiger partial charge in [0.25, 0.3) is 5.91 Å². The maximum Gasteiger partial charge on any atom is 0.315 e. The van der Waals surface area contributed by atoms with Gasteiger partial charge >= 0.3 is 6.03 Å². The Morgan fingerprint density at radius 1 is 0.909 bits per heavy atom. The van der Waals surface area contributed by atoms with Crippen LogP contribution in [-0.2, 0) is 29.0 Å². The highest BCUT2D eigenvalue weighted by molar-refractivity contribution is 7.92. The number of rotatable bonds is 16. The molecule has 5 rings (SSSR count). The number of hydrogen-bond acceptors (Lipinski definition) is 7.